The Bertz CT molecular complexity index is 483. The zero-order valence-electron chi connectivity index (χ0n) is 11.2. The van der Waals surface area contributed by atoms with E-state index in [0.29, 0.717) is 11.5 Å². The third-order valence-corrected chi connectivity index (χ3v) is 2.50. The number of benzene rings is 1. The molecule has 2 N–H and O–H groups in total. The quantitative estimate of drug-likeness (QED) is 0.752. The summed E-state index contributed by atoms with van der Waals surface area (Å²) in [6.07, 6.45) is 0. The van der Waals surface area contributed by atoms with Crippen LogP contribution in [0.15, 0.2) is 18.2 Å². The maximum Gasteiger partial charge on any atom is 0.243 e. The Hall–Kier alpha value is -2.42. The van der Waals surface area contributed by atoms with Crippen LogP contribution >= 0.6 is 0 Å². The van der Waals surface area contributed by atoms with Crippen LogP contribution in [0, 0.1) is 11.3 Å². The van der Waals surface area contributed by atoms with Gasteiger partial charge in [0.05, 0.1) is 20.3 Å². The summed E-state index contributed by atoms with van der Waals surface area (Å²) in [7, 11) is 3.10. The molecule has 1 unspecified atom stereocenters. The van der Waals surface area contributed by atoms with Gasteiger partial charge in [0.2, 0.25) is 5.91 Å². The Morgan fingerprint density at radius 1 is 1.37 bits per heavy atom. The average Bonchev–Trinajstić information content (AvgIpc) is 2.44. The molecule has 1 rings (SSSR count). The predicted molar refractivity (Wildman–Crippen MR) is 71.3 cm³/mol. The van der Waals surface area contributed by atoms with Crippen molar-refractivity contribution in [2.45, 2.75) is 13.0 Å². The SMILES string of the molecule is COc1ccc(NC(C)C(=O)NCC#N)cc1OC. The van der Waals surface area contributed by atoms with Gasteiger partial charge in [0.25, 0.3) is 0 Å². The lowest BCUT2D eigenvalue weighted by Gasteiger charge is -2.16. The fourth-order valence-corrected chi connectivity index (χ4v) is 1.52. The summed E-state index contributed by atoms with van der Waals surface area (Å²) >= 11 is 0. The molecule has 0 spiro atoms. The summed E-state index contributed by atoms with van der Waals surface area (Å²) in [6.45, 7) is 1.71. The van der Waals surface area contributed by atoms with Crippen LogP contribution in [0.5, 0.6) is 11.5 Å². The highest BCUT2D eigenvalue weighted by Crippen LogP contribution is 2.29. The number of anilines is 1. The van der Waals surface area contributed by atoms with Gasteiger partial charge in [-0.05, 0) is 19.1 Å². The molecular formula is C13H17N3O3. The lowest BCUT2D eigenvalue weighted by molar-refractivity contribution is -0.121. The smallest absolute Gasteiger partial charge is 0.243 e. The second-order valence-corrected chi connectivity index (χ2v) is 3.81. The van der Waals surface area contributed by atoms with Gasteiger partial charge < -0.3 is 20.1 Å². The van der Waals surface area contributed by atoms with E-state index in [2.05, 4.69) is 10.6 Å². The zero-order chi connectivity index (χ0) is 14.3. The zero-order valence-corrected chi connectivity index (χ0v) is 11.2. The van der Waals surface area contributed by atoms with Gasteiger partial charge in [0, 0.05) is 11.8 Å². The van der Waals surface area contributed by atoms with E-state index >= 15 is 0 Å². The molecule has 0 saturated heterocycles. The Morgan fingerprint density at radius 3 is 2.63 bits per heavy atom. The maximum atomic E-state index is 11.6. The molecule has 0 saturated carbocycles. The molecule has 1 amide bonds. The number of hydrogen-bond acceptors (Lipinski definition) is 5. The van der Waals surface area contributed by atoms with Crippen LogP contribution in [0.1, 0.15) is 6.92 Å². The highest BCUT2D eigenvalue weighted by Gasteiger charge is 2.13. The Labute approximate surface area is 112 Å². The van der Waals surface area contributed by atoms with Crippen LogP contribution in [-0.2, 0) is 4.79 Å². The van der Waals surface area contributed by atoms with E-state index in [-0.39, 0.29) is 12.5 Å². The average molecular weight is 263 g/mol. The second-order valence-electron chi connectivity index (χ2n) is 3.81. The minimum atomic E-state index is -0.452. The molecule has 102 valence electrons. The number of nitrogens with one attached hydrogen (secondary N) is 2. The normalized spacial score (nSPS) is 11.1. The number of nitriles is 1. The Morgan fingerprint density at radius 2 is 2.05 bits per heavy atom. The lowest BCUT2D eigenvalue weighted by Crippen LogP contribution is -2.37. The van der Waals surface area contributed by atoms with E-state index in [1.54, 1.807) is 39.3 Å². The fraction of sp³-hybridized carbons (Fsp3) is 0.385. The fourth-order valence-electron chi connectivity index (χ4n) is 1.52. The topological polar surface area (TPSA) is 83.4 Å². The molecule has 0 fully saturated rings. The van der Waals surface area contributed by atoms with Crippen molar-refractivity contribution in [2.24, 2.45) is 0 Å². The molecule has 1 aromatic rings. The van der Waals surface area contributed by atoms with Crippen LogP contribution in [-0.4, -0.2) is 32.7 Å². The monoisotopic (exact) mass is 263 g/mol. The van der Waals surface area contributed by atoms with Crippen molar-refractivity contribution in [2.75, 3.05) is 26.1 Å². The van der Waals surface area contributed by atoms with E-state index in [9.17, 15) is 4.79 Å². The highest BCUT2D eigenvalue weighted by molar-refractivity contribution is 5.84. The van der Waals surface area contributed by atoms with Gasteiger partial charge in [0.1, 0.15) is 12.6 Å². The number of carbonyl (C=O) groups is 1. The van der Waals surface area contributed by atoms with Gasteiger partial charge in [-0.2, -0.15) is 5.26 Å². The lowest BCUT2D eigenvalue weighted by atomic mass is 10.2. The van der Waals surface area contributed by atoms with Crippen LogP contribution in [0.25, 0.3) is 0 Å². The predicted octanol–water partition coefficient (Wildman–Crippen LogP) is 1.14. The first-order valence-corrected chi connectivity index (χ1v) is 5.75. The number of methoxy groups -OCH3 is 2. The van der Waals surface area contributed by atoms with Crippen molar-refractivity contribution in [1.29, 1.82) is 5.26 Å². The van der Waals surface area contributed by atoms with Crippen LogP contribution in [0.3, 0.4) is 0 Å². The molecule has 1 aromatic carbocycles. The minimum Gasteiger partial charge on any atom is -0.493 e. The van der Waals surface area contributed by atoms with Crippen LogP contribution < -0.4 is 20.1 Å². The minimum absolute atomic E-state index is 0.00319. The number of amides is 1. The van der Waals surface area contributed by atoms with Crippen molar-refractivity contribution >= 4 is 11.6 Å². The van der Waals surface area contributed by atoms with Crippen molar-refractivity contribution in [3.8, 4) is 17.6 Å². The van der Waals surface area contributed by atoms with E-state index in [0.717, 1.165) is 5.69 Å². The second kappa shape index (κ2) is 7.11. The molecule has 0 bridgehead atoms. The van der Waals surface area contributed by atoms with Crippen molar-refractivity contribution in [3.05, 3.63) is 18.2 Å². The summed E-state index contributed by atoms with van der Waals surface area (Å²) in [5, 5.41) is 13.9. The van der Waals surface area contributed by atoms with Crippen LogP contribution in [0.2, 0.25) is 0 Å². The van der Waals surface area contributed by atoms with Crippen molar-refractivity contribution in [1.82, 2.24) is 5.32 Å². The highest BCUT2D eigenvalue weighted by atomic mass is 16.5. The Balaban J connectivity index is 2.72. The first-order valence-electron chi connectivity index (χ1n) is 5.75. The molecule has 19 heavy (non-hydrogen) atoms. The molecular weight excluding hydrogens is 246 g/mol. The van der Waals surface area contributed by atoms with Gasteiger partial charge in [-0.3, -0.25) is 4.79 Å². The van der Waals surface area contributed by atoms with Crippen LogP contribution in [0.4, 0.5) is 5.69 Å². The summed E-state index contributed by atoms with van der Waals surface area (Å²) in [4.78, 5) is 11.6. The number of carbonyl (C=O) groups excluding carboxylic acids is 1. The van der Waals surface area contributed by atoms with Gasteiger partial charge in [-0.15, -0.1) is 0 Å². The number of nitrogens with zero attached hydrogens (tertiary/aromatic N) is 1. The molecule has 0 radical (unpaired) electrons. The first-order chi connectivity index (χ1) is 9.12. The maximum absolute atomic E-state index is 11.6. The molecule has 0 aliphatic rings. The van der Waals surface area contributed by atoms with E-state index in [1.807, 2.05) is 6.07 Å². The third kappa shape index (κ3) is 4.07. The third-order valence-electron chi connectivity index (χ3n) is 2.50. The molecule has 0 aliphatic heterocycles. The largest absolute Gasteiger partial charge is 0.493 e. The van der Waals surface area contributed by atoms with E-state index in [4.69, 9.17) is 14.7 Å². The molecule has 0 aliphatic carbocycles. The van der Waals surface area contributed by atoms with Gasteiger partial charge in [-0.1, -0.05) is 0 Å². The van der Waals surface area contributed by atoms with Gasteiger partial charge in [-0.25, -0.2) is 0 Å². The molecule has 0 heterocycles. The van der Waals surface area contributed by atoms with Gasteiger partial charge in [0.15, 0.2) is 11.5 Å². The number of ether oxygens (including phenoxy) is 2. The summed E-state index contributed by atoms with van der Waals surface area (Å²) in [5.74, 6) is 0.961. The molecule has 6 nitrogen and oxygen atoms in total. The summed E-state index contributed by atoms with van der Waals surface area (Å²) in [5.41, 5.74) is 0.734. The number of hydrogen-bond donors (Lipinski definition) is 2. The van der Waals surface area contributed by atoms with E-state index < -0.39 is 6.04 Å². The Kier molecular flexibility index (Phi) is 5.48. The summed E-state index contributed by atoms with van der Waals surface area (Å²) in [6, 6.07) is 6.68. The molecule has 0 aromatic heterocycles. The van der Waals surface area contributed by atoms with Gasteiger partial charge >= 0.3 is 0 Å². The van der Waals surface area contributed by atoms with Crippen molar-refractivity contribution in [3.63, 3.8) is 0 Å². The van der Waals surface area contributed by atoms with Crippen molar-refractivity contribution < 1.29 is 14.3 Å². The number of rotatable bonds is 6. The first kappa shape index (κ1) is 14.6. The summed E-state index contributed by atoms with van der Waals surface area (Å²) < 4.78 is 10.3. The van der Waals surface area contributed by atoms with E-state index in [1.165, 1.54) is 0 Å². The molecule has 1 atom stereocenters. The standard InChI is InChI=1S/C13H17N3O3/c1-9(13(17)15-7-6-14)16-10-4-5-11(18-2)12(8-10)19-3/h4-5,8-9,16H,7H2,1-3H3,(H,15,17). The molecule has 6 heteroatoms.